The second-order valence-corrected chi connectivity index (χ2v) is 10.9. The van der Waals surface area contributed by atoms with Gasteiger partial charge >= 0.3 is 17.9 Å². The summed E-state index contributed by atoms with van der Waals surface area (Å²) in [5.41, 5.74) is 5.44. The molecule has 12 heteroatoms. The number of carbonyl (C=O) groups is 5. The Morgan fingerprint density at radius 3 is 2.24 bits per heavy atom. The lowest BCUT2D eigenvalue weighted by Crippen LogP contribution is -2.49. The zero-order chi connectivity index (χ0) is 31.6. The van der Waals surface area contributed by atoms with E-state index in [9.17, 15) is 24.0 Å². The number of carbonyl (C=O) groups excluding carboxylic acids is 2. The van der Waals surface area contributed by atoms with Crippen LogP contribution in [0.25, 0.3) is 0 Å². The Morgan fingerprint density at radius 2 is 1.57 bits per heavy atom. The third-order valence-corrected chi connectivity index (χ3v) is 7.23. The average Bonchev–Trinajstić information content (AvgIpc) is 2.94. The smallest absolute Gasteiger partial charge is 0.322 e. The molecule has 0 saturated carbocycles. The van der Waals surface area contributed by atoms with Crippen molar-refractivity contribution in [3.63, 3.8) is 0 Å². The lowest BCUT2D eigenvalue weighted by molar-refractivity contribution is -0.139. The van der Waals surface area contributed by atoms with Crippen molar-refractivity contribution in [3.05, 3.63) is 48.6 Å². The Labute approximate surface area is 252 Å². The first-order valence-electron chi connectivity index (χ1n) is 14.3. The zero-order valence-electron chi connectivity index (χ0n) is 24.4. The standard InChI is InChI=1S/C30H47N3O8S/c1-2-3-4-5-6-7-8-9-10-11-12-13-16-23(17-14-15-18-27(35)36)42-22-25(29(39)32-21-28(37)38)33-26(34)20-19-24(31)30(40)41/h6-7,9-13,16,23-25H,2-5,8,14-15,17-22,31H2,1H3,(H,32,39)(H,33,34)(H,35,36)(H,37,38)(H,40,41)/b7-6-,10-9+,12-11+,16-13+/t23-,24-,25+/m0/s1. The highest BCUT2D eigenvalue weighted by Gasteiger charge is 2.23. The summed E-state index contributed by atoms with van der Waals surface area (Å²) >= 11 is 1.37. The van der Waals surface area contributed by atoms with E-state index in [0.717, 1.165) is 12.8 Å². The van der Waals surface area contributed by atoms with Crippen LogP contribution in [0.15, 0.2) is 48.6 Å². The van der Waals surface area contributed by atoms with Crippen LogP contribution < -0.4 is 16.4 Å². The fraction of sp³-hybridized carbons (Fsp3) is 0.567. The first-order valence-corrected chi connectivity index (χ1v) is 15.4. The van der Waals surface area contributed by atoms with Crippen molar-refractivity contribution in [1.29, 1.82) is 0 Å². The van der Waals surface area contributed by atoms with Crippen LogP contribution >= 0.6 is 11.8 Å². The van der Waals surface area contributed by atoms with Crippen LogP contribution in [-0.4, -0.2) is 74.7 Å². The van der Waals surface area contributed by atoms with Crippen molar-refractivity contribution in [1.82, 2.24) is 10.6 Å². The van der Waals surface area contributed by atoms with Crippen molar-refractivity contribution in [2.24, 2.45) is 5.73 Å². The fourth-order valence-corrected chi connectivity index (χ4v) is 4.71. The van der Waals surface area contributed by atoms with Crippen LogP contribution in [0.4, 0.5) is 0 Å². The van der Waals surface area contributed by atoms with Gasteiger partial charge < -0.3 is 31.7 Å². The molecule has 0 unspecified atom stereocenters. The largest absolute Gasteiger partial charge is 0.481 e. The second kappa shape index (κ2) is 25.3. The maximum atomic E-state index is 12.6. The quantitative estimate of drug-likeness (QED) is 0.0503. The number of carboxylic acid groups (broad SMARTS) is 3. The van der Waals surface area contributed by atoms with Gasteiger partial charge in [-0.25, -0.2) is 0 Å². The van der Waals surface area contributed by atoms with Gasteiger partial charge in [0.15, 0.2) is 0 Å². The van der Waals surface area contributed by atoms with Gasteiger partial charge in [0.25, 0.3) is 0 Å². The van der Waals surface area contributed by atoms with Crippen LogP contribution in [0, 0.1) is 0 Å². The van der Waals surface area contributed by atoms with Gasteiger partial charge in [0.2, 0.25) is 11.8 Å². The van der Waals surface area contributed by atoms with Crippen LogP contribution in [-0.2, 0) is 24.0 Å². The molecule has 7 N–H and O–H groups in total. The summed E-state index contributed by atoms with van der Waals surface area (Å²) in [5.74, 6) is -4.51. The number of amides is 2. The summed E-state index contributed by atoms with van der Waals surface area (Å²) < 4.78 is 0. The second-order valence-electron chi connectivity index (χ2n) is 9.63. The molecular weight excluding hydrogens is 562 g/mol. The summed E-state index contributed by atoms with van der Waals surface area (Å²) in [7, 11) is 0. The van der Waals surface area contributed by atoms with Gasteiger partial charge in [-0.05, 0) is 38.5 Å². The molecule has 42 heavy (non-hydrogen) atoms. The van der Waals surface area contributed by atoms with Crippen molar-refractivity contribution < 1.29 is 39.3 Å². The number of hydrogen-bond donors (Lipinski definition) is 6. The molecule has 2 amide bonds. The summed E-state index contributed by atoms with van der Waals surface area (Å²) in [4.78, 5) is 57.7. The molecule has 0 aromatic heterocycles. The van der Waals surface area contributed by atoms with E-state index in [4.69, 9.17) is 21.1 Å². The number of rotatable bonds is 25. The van der Waals surface area contributed by atoms with Crippen LogP contribution in [0.3, 0.4) is 0 Å². The highest BCUT2D eigenvalue weighted by atomic mass is 32.2. The maximum Gasteiger partial charge on any atom is 0.322 e. The molecule has 0 fully saturated rings. The molecule has 0 aliphatic carbocycles. The predicted octanol–water partition coefficient (Wildman–Crippen LogP) is 3.81. The Kier molecular flexibility index (Phi) is 23.3. The minimum absolute atomic E-state index is 0.0492. The van der Waals surface area contributed by atoms with Crippen molar-refractivity contribution in [2.45, 2.75) is 94.9 Å². The monoisotopic (exact) mass is 609 g/mol. The highest BCUT2D eigenvalue weighted by molar-refractivity contribution is 8.00. The van der Waals surface area contributed by atoms with Crippen molar-refractivity contribution in [2.75, 3.05) is 12.3 Å². The Morgan fingerprint density at radius 1 is 0.833 bits per heavy atom. The number of aliphatic carboxylic acids is 3. The fourth-order valence-electron chi connectivity index (χ4n) is 3.50. The van der Waals surface area contributed by atoms with E-state index in [2.05, 4.69) is 29.7 Å². The lowest BCUT2D eigenvalue weighted by Gasteiger charge is -2.20. The molecule has 0 heterocycles. The summed E-state index contributed by atoms with van der Waals surface area (Å²) in [6.07, 6.45) is 23.0. The predicted molar refractivity (Wildman–Crippen MR) is 165 cm³/mol. The van der Waals surface area contributed by atoms with Gasteiger partial charge in [-0.1, -0.05) is 74.8 Å². The third-order valence-electron chi connectivity index (χ3n) is 5.88. The first-order chi connectivity index (χ1) is 20.1. The van der Waals surface area contributed by atoms with Gasteiger partial charge in [-0.2, -0.15) is 11.8 Å². The normalized spacial score (nSPS) is 14.0. The molecule has 0 spiro atoms. The van der Waals surface area contributed by atoms with Crippen LogP contribution in [0.1, 0.15) is 77.6 Å². The molecule has 236 valence electrons. The molecule has 0 aliphatic heterocycles. The molecule has 0 aliphatic rings. The molecule has 0 radical (unpaired) electrons. The SMILES string of the molecule is CCCCC/C=C\C/C=C/C=C/C=C/[C@@H](CCCCC(=O)O)SC[C@@H](NC(=O)CC[C@H](N)C(=O)O)C(=O)NCC(=O)O. The summed E-state index contributed by atoms with van der Waals surface area (Å²) in [5, 5.41) is 31.4. The summed E-state index contributed by atoms with van der Waals surface area (Å²) in [6, 6.07) is -2.29. The van der Waals surface area contributed by atoms with Crippen molar-refractivity contribution in [3.8, 4) is 0 Å². The third kappa shape index (κ3) is 23.3. The topological polar surface area (TPSA) is 196 Å². The number of hydrogen-bond acceptors (Lipinski definition) is 7. The lowest BCUT2D eigenvalue weighted by atomic mass is 10.1. The number of carboxylic acids is 3. The molecular formula is C30H47N3O8S. The van der Waals surface area contributed by atoms with E-state index in [1.807, 2.05) is 36.5 Å². The first kappa shape index (κ1) is 38.6. The Hall–Kier alpha value is -3.38. The molecule has 0 aromatic carbocycles. The minimum Gasteiger partial charge on any atom is -0.481 e. The molecule has 0 saturated heterocycles. The number of nitrogens with one attached hydrogen (secondary N) is 2. The average molecular weight is 610 g/mol. The highest BCUT2D eigenvalue weighted by Crippen LogP contribution is 2.21. The molecule has 3 atom stereocenters. The van der Waals surface area contributed by atoms with E-state index < -0.39 is 48.4 Å². The van der Waals surface area contributed by atoms with Crippen LogP contribution in [0.5, 0.6) is 0 Å². The van der Waals surface area contributed by atoms with Gasteiger partial charge in [0, 0.05) is 23.8 Å². The van der Waals surface area contributed by atoms with Crippen molar-refractivity contribution >= 4 is 41.5 Å². The number of nitrogens with two attached hydrogens (primary N) is 1. The Bertz CT molecular complexity index is 949. The number of allylic oxidation sites excluding steroid dienone is 7. The van der Waals surface area contributed by atoms with E-state index in [-0.39, 0.29) is 30.3 Å². The van der Waals surface area contributed by atoms with E-state index >= 15 is 0 Å². The molecule has 0 bridgehead atoms. The molecule has 0 rings (SSSR count). The van der Waals surface area contributed by atoms with E-state index in [0.29, 0.717) is 19.3 Å². The van der Waals surface area contributed by atoms with Gasteiger partial charge in [0.1, 0.15) is 18.6 Å². The minimum atomic E-state index is -1.24. The van der Waals surface area contributed by atoms with Gasteiger partial charge in [0.05, 0.1) is 0 Å². The number of thioether (sulfide) groups is 1. The Balaban J connectivity index is 5.20. The van der Waals surface area contributed by atoms with Gasteiger partial charge in [-0.15, -0.1) is 0 Å². The summed E-state index contributed by atoms with van der Waals surface area (Å²) in [6.45, 7) is 1.56. The van der Waals surface area contributed by atoms with E-state index in [1.165, 1.54) is 31.0 Å². The van der Waals surface area contributed by atoms with E-state index in [1.54, 1.807) is 0 Å². The molecule has 11 nitrogen and oxygen atoms in total. The van der Waals surface area contributed by atoms with Crippen LogP contribution in [0.2, 0.25) is 0 Å². The maximum absolute atomic E-state index is 12.6. The zero-order valence-corrected chi connectivity index (χ0v) is 25.2. The molecule has 0 aromatic rings. The number of unbranched alkanes of at least 4 members (excludes halogenated alkanes) is 4. The van der Waals surface area contributed by atoms with Gasteiger partial charge in [-0.3, -0.25) is 24.0 Å².